The number of rotatable bonds is 12. The van der Waals surface area contributed by atoms with Crippen LogP contribution in [0.15, 0.2) is 24.3 Å². The summed E-state index contributed by atoms with van der Waals surface area (Å²) in [5, 5.41) is 10.7. The van der Waals surface area contributed by atoms with Gasteiger partial charge in [0.15, 0.2) is 0 Å². The molecule has 0 unspecified atom stereocenters. The standard InChI is InChI=1S/C16H27N3O3/c1-18(10-12-22-11-5-3-2-4-9-17)14-15-7-6-8-16(13-15)19(20)21/h6-8,13H,2-5,9-12,14,17H2,1H3. The molecule has 0 bridgehead atoms. The van der Waals surface area contributed by atoms with Gasteiger partial charge in [-0.1, -0.05) is 25.0 Å². The summed E-state index contributed by atoms with van der Waals surface area (Å²) in [5.41, 5.74) is 6.52. The van der Waals surface area contributed by atoms with E-state index in [0.717, 1.165) is 38.1 Å². The van der Waals surface area contributed by atoms with E-state index in [2.05, 4.69) is 4.90 Å². The Morgan fingerprint density at radius 1 is 1.23 bits per heavy atom. The highest BCUT2D eigenvalue weighted by Gasteiger charge is 2.07. The van der Waals surface area contributed by atoms with Crippen molar-refractivity contribution in [3.63, 3.8) is 0 Å². The highest BCUT2D eigenvalue weighted by Crippen LogP contribution is 2.14. The first-order valence-corrected chi connectivity index (χ1v) is 7.83. The number of nitrogens with zero attached hydrogens (tertiary/aromatic N) is 2. The number of benzene rings is 1. The van der Waals surface area contributed by atoms with E-state index in [9.17, 15) is 10.1 Å². The monoisotopic (exact) mass is 309 g/mol. The summed E-state index contributed by atoms with van der Waals surface area (Å²) in [6.45, 7) is 3.73. The van der Waals surface area contributed by atoms with Gasteiger partial charge in [-0.25, -0.2) is 0 Å². The molecule has 0 aliphatic carbocycles. The lowest BCUT2D eigenvalue weighted by atomic mass is 10.2. The van der Waals surface area contributed by atoms with Gasteiger partial charge in [0.1, 0.15) is 0 Å². The lowest BCUT2D eigenvalue weighted by Gasteiger charge is -2.16. The van der Waals surface area contributed by atoms with Crippen LogP contribution in [0.3, 0.4) is 0 Å². The van der Waals surface area contributed by atoms with Crippen LogP contribution in [0.4, 0.5) is 5.69 Å². The van der Waals surface area contributed by atoms with E-state index in [1.54, 1.807) is 12.1 Å². The van der Waals surface area contributed by atoms with Gasteiger partial charge in [-0.15, -0.1) is 0 Å². The minimum atomic E-state index is -0.364. The summed E-state index contributed by atoms with van der Waals surface area (Å²) in [7, 11) is 1.99. The molecule has 0 saturated carbocycles. The van der Waals surface area contributed by atoms with E-state index >= 15 is 0 Å². The number of likely N-dealkylation sites (N-methyl/N-ethyl adjacent to an activating group) is 1. The van der Waals surface area contributed by atoms with E-state index in [4.69, 9.17) is 10.5 Å². The molecule has 6 heteroatoms. The third kappa shape index (κ3) is 8.07. The second kappa shape index (κ2) is 11.1. The quantitative estimate of drug-likeness (QED) is 0.364. The van der Waals surface area contributed by atoms with Gasteiger partial charge in [0.05, 0.1) is 11.5 Å². The fraction of sp³-hybridized carbons (Fsp3) is 0.625. The fourth-order valence-electron chi connectivity index (χ4n) is 2.18. The summed E-state index contributed by atoms with van der Waals surface area (Å²) in [6.07, 6.45) is 4.51. The average Bonchev–Trinajstić information content (AvgIpc) is 2.50. The van der Waals surface area contributed by atoms with Crippen LogP contribution >= 0.6 is 0 Å². The second-order valence-electron chi connectivity index (χ2n) is 5.48. The van der Waals surface area contributed by atoms with Gasteiger partial charge >= 0.3 is 0 Å². The molecular formula is C16H27N3O3. The fourth-order valence-corrected chi connectivity index (χ4v) is 2.18. The third-order valence-corrected chi connectivity index (χ3v) is 3.43. The van der Waals surface area contributed by atoms with Gasteiger partial charge in [-0.3, -0.25) is 15.0 Å². The number of nitro groups is 1. The molecule has 1 aromatic rings. The lowest BCUT2D eigenvalue weighted by molar-refractivity contribution is -0.384. The van der Waals surface area contributed by atoms with E-state index in [-0.39, 0.29) is 10.6 Å². The summed E-state index contributed by atoms with van der Waals surface area (Å²) in [6, 6.07) is 6.76. The van der Waals surface area contributed by atoms with Crippen LogP contribution in [-0.4, -0.2) is 43.2 Å². The van der Waals surface area contributed by atoms with E-state index < -0.39 is 0 Å². The van der Waals surface area contributed by atoms with Crippen molar-refractivity contribution < 1.29 is 9.66 Å². The topological polar surface area (TPSA) is 81.6 Å². The Bertz CT molecular complexity index is 440. The first-order chi connectivity index (χ1) is 10.6. The Kier molecular flexibility index (Phi) is 9.37. The lowest BCUT2D eigenvalue weighted by Crippen LogP contribution is -2.23. The van der Waals surface area contributed by atoms with Gasteiger partial charge in [0.25, 0.3) is 5.69 Å². The predicted molar refractivity (Wildman–Crippen MR) is 87.8 cm³/mol. The zero-order valence-electron chi connectivity index (χ0n) is 13.4. The minimum Gasteiger partial charge on any atom is -0.380 e. The number of nitro benzene ring substituents is 1. The van der Waals surface area contributed by atoms with Crippen LogP contribution in [0.5, 0.6) is 0 Å². The zero-order chi connectivity index (χ0) is 16.2. The van der Waals surface area contributed by atoms with Crippen molar-refractivity contribution in [1.82, 2.24) is 4.90 Å². The number of unbranched alkanes of at least 4 members (excludes halogenated alkanes) is 3. The van der Waals surface area contributed by atoms with Crippen molar-refractivity contribution >= 4 is 5.69 Å². The molecule has 2 N–H and O–H groups in total. The van der Waals surface area contributed by atoms with Gasteiger partial charge in [0.2, 0.25) is 0 Å². The maximum Gasteiger partial charge on any atom is 0.269 e. The van der Waals surface area contributed by atoms with Crippen LogP contribution in [-0.2, 0) is 11.3 Å². The number of hydrogen-bond acceptors (Lipinski definition) is 5. The molecule has 0 spiro atoms. The van der Waals surface area contributed by atoms with Gasteiger partial charge in [-0.2, -0.15) is 0 Å². The molecule has 0 amide bonds. The first kappa shape index (κ1) is 18.5. The second-order valence-corrected chi connectivity index (χ2v) is 5.48. The molecule has 0 aliphatic rings. The SMILES string of the molecule is CN(CCOCCCCCCN)Cc1cccc([N+](=O)[O-])c1. The zero-order valence-corrected chi connectivity index (χ0v) is 13.4. The van der Waals surface area contributed by atoms with E-state index in [0.29, 0.717) is 13.2 Å². The van der Waals surface area contributed by atoms with Crippen LogP contribution in [0.25, 0.3) is 0 Å². The molecule has 0 aromatic heterocycles. The maximum atomic E-state index is 10.7. The molecule has 0 fully saturated rings. The average molecular weight is 309 g/mol. The number of hydrogen-bond donors (Lipinski definition) is 1. The predicted octanol–water partition coefficient (Wildman–Crippen LogP) is 2.56. The molecule has 0 heterocycles. The molecule has 0 saturated heterocycles. The number of nitrogens with two attached hydrogens (primary N) is 1. The normalized spacial score (nSPS) is 11.0. The summed E-state index contributed by atoms with van der Waals surface area (Å²) >= 11 is 0. The molecule has 0 radical (unpaired) electrons. The molecular weight excluding hydrogens is 282 g/mol. The summed E-state index contributed by atoms with van der Waals surface area (Å²) < 4.78 is 5.60. The number of ether oxygens (including phenoxy) is 1. The van der Waals surface area contributed by atoms with Gasteiger partial charge in [0, 0.05) is 31.8 Å². The van der Waals surface area contributed by atoms with Crippen LogP contribution in [0.2, 0.25) is 0 Å². The largest absolute Gasteiger partial charge is 0.380 e. The first-order valence-electron chi connectivity index (χ1n) is 7.83. The minimum absolute atomic E-state index is 0.139. The molecule has 6 nitrogen and oxygen atoms in total. The molecule has 124 valence electrons. The van der Waals surface area contributed by atoms with Crippen molar-refractivity contribution in [2.45, 2.75) is 32.2 Å². The Morgan fingerprint density at radius 3 is 2.73 bits per heavy atom. The van der Waals surface area contributed by atoms with E-state index in [1.165, 1.54) is 18.9 Å². The molecule has 1 rings (SSSR count). The van der Waals surface area contributed by atoms with Crippen LogP contribution in [0.1, 0.15) is 31.2 Å². The smallest absolute Gasteiger partial charge is 0.269 e. The molecule has 0 atom stereocenters. The van der Waals surface area contributed by atoms with Crippen molar-refractivity contribution in [2.24, 2.45) is 5.73 Å². The Hall–Kier alpha value is -1.50. The maximum absolute atomic E-state index is 10.7. The summed E-state index contributed by atoms with van der Waals surface area (Å²) in [5.74, 6) is 0. The van der Waals surface area contributed by atoms with E-state index in [1.807, 2.05) is 13.1 Å². The molecule has 1 aromatic carbocycles. The van der Waals surface area contributed by atoms with Crippen molar-refractivity contribution in [2.75, 3.05) is 33.4 Å². The molecule has 0 aliphatic heterocycles. The number of non-ortho nitro benzene ring substituents is 1. The highest BCUT2D eigenvalue weighted by molar-refractivity contribution is 5.34. The summed E-state index contributed by atoms with van der Waals surface area (Å²) in [4.78, 5) is 12.5. The highest BCUT2D eigenvalue weighted by atomic mass is 16.6. The van der Waals surface area contributed by atoms with Crippen LogP contribution in [0, 0.1) is 10.1 Å². The Morgan fingerprint density at radius 2 is 2.00 bits per heavy atom. The third-order valence-electron chi connectivity index (χ3n) is 3.43. The van der Waals surface area contributed by atoms with Gasteiger partial charge in [-0.05, 0) is 32.0 Å². The Labute approximate surface area is 132 Å². The van der Waals surface area contributed by atoms with Crippen molar-refractivity contribution in [3.8, 4) is 0 Å². The van der Waals surface area contributed by atoms with Crippen molar-refractivity contribution in [1.29, 1.82) is 0 Å². The Balaban J connectivity index is 2.14. The van der Waals surface area contributed by atoms with Gasteiger partial charge < -0.3 is 10.5 Å². The van der Waals surface area contributed by atoms with Crippen LogP contribution < -0.4 is 5.73 Å². The van der Waals surface area contributed by atoms with Crippen molar-refractivity contribution in [3.05, 3.63) is 39.9 Å². The molecule has 22 heavy (non-hydrogen) atoms.